The first kappa shape index (κ1) is 20.2. The Morgan fingerprint density at radius 2 is 1.62 bits per heavy atom. The van der Waals surface area contributed by atoms with Crippen LogP contribution in [0.2, 0.25) is 0 Å². The molecule has 7 heteroatoms. The van der Waals surface area contributed by atoms with Crippen LogP contribution in [0.25, 0.3) is 0 Å². The van der Waals surface area contributed by atoms with Crippen LogP contribution in [0.3, 0.4) is 0 Å². The molecule has 0 aliphatic heterocycles. The number of carbonyl (C=O) groups excluding carboxylic acids is 1. The van der Waals surface area contributed by atoms with Crippen molar-refractivity contribution in [3.8, 4) is 0 Å². The molecule has 0 aliphatic carbocycles. The maximum Gasteiger partial charge on any atom is 0.311 e. The number of hydrogen-bond donors (Lipinski definition) is 2. The Hall–Kier alpha value is -1.89. The molecule has 0 saturated heterocycles. The lowest BCUT2D eigenvalue weighted by Gasteiger charge is -2.26. The molecule has 0 radical (unpaired) electrons. The van der Waals surface area contributed by atoms with Crippen molar-refractivity contribution >= 4 is 21.7 Å². The zero-order chi connectivity index (χ0) is 18.4. The Balaban J connectivity index is 2.70. The highest BCUT2D eigenvalue weighted by molar-refractivity contribution is 7.91. The van der Waals surface area contributed by atoms with Crippen LogP contribution in [0.5, 0.6) is 0 Å². The second-order valence-corrected chi connectivity index (χ2v) is 8.07. The van der Waals surface area contributed by atoms with Gasteiger partial charge in [0, 0.05) is 6.54 Å². The summed E-state index contributed by atoms with van der Waals surface area (Å²) in [5, 5.41) is 12.0. The number of carbonyl (C=O) groups is 2. The van der Waals surface area contributed by atoms with E-state index in [0.717, 1.165) is 0 Å². The Labute approximate surface area is 143 Å². The first-order chi connectivity index (χ1) is 11.2. The van der Waals surface area contributed by atoms with Crippen LogP contribution in [-0.4, -0.2) is 37.7 Å². The zero-order valence-corrected chi connectivity index (χ0v) is 15.1. The normalized spacial score (nSPS) is 12.0. The summed E-state index contributed by atoms with van der Waals surface area (Å²) in [6, 6.07) is 6.18. The van der Waals surface area contributed by atoms with E-state index in [1.807, 2.05) is 0 Å². The first-order valence-electron chi connectivity index (χ1n) is 8.02. The fourth-order valence-corrected chi connectivity index (χ4v) is 3.26. The molecule has 134 valence electrons. The van der Waals surface area contributed by atoms with Gasteiger partial charge in [-0.25, -0.2) is 8.42 Å². The third-order valence-corrected chi connectivity index (χ3v) is 6.21. The minimum absolute atomic E-state index is 0.0259. The van der Waals surface area contributed by atoms with Gasteiger partial charge in [-0.15, -0.1) is 0 Å². The molecule has 0 aromatic heterocycles. The highest BCUT2D eigenvalue weighted by Gasteiger charge is 2.35. The van der Waals surface area contributed by atoms with Crippen molar-refractivity contribution in [2.45, 2.75) is 44.9 Å². The van der Waals surface area contributed by atoms with Gasteiger partial charge in [-0.3, -0.25) is 9.59 Å². The Morgan fingerprint density at radius 3 is 2.04 bits per heavy atom. The van der Waals surface area contributed by atoms with Crippen molar-refractivity contribution < 1.29 is 23.1 Å². The van der Waals surface area contributed by atoms with Gasteiger partial charge in [0.1, 0.15) is 0 Å². The van der Waals surface area contributed by atoms with Crippen LogP contribution in [0.1, 0.15) is 39.2 Å². The number of sulfone groups is 1. The van der Waals surface area contributed by atoms with E-state index in [-0.39, 0.29) is 29.5 Å². The van der Waals surface area contributed by atoms with Crippen molar-refractivity contribution in [2.24, 2.45) is 5.41 Å². The monoisotopic (exact) mass is 355 g/mol. The number of carboxylic acid groups (broad SMARTS) is 1. The number of nitrogens with one attached hydrogen (secondary N) is 1. The highest BCUT2D eigenvalue weighted by atomic mass is 32.2. The quantitative estimate of drug-likeness (QED) is 0.706. The zero-order valence-electron chi connectivity index (χ0n) is 14.3. The molecule has 24 heavy (non-hydrogen) atoms. The molecule has 1 amide bonds. The maximum atomic E-state index is 12.0. The number of rotatable bonds is 9. The van der Waals surface area contributed by atoms with Crippen molar-refractivity contribution in [1.29, 1.82) is 0 Å². The number of amides is 1. The number of benzene rings is 1. The van der Waals surface area contributed by atoms with Gasteiger partial charge in [-0.05, 0) is 30.5 Å². The SMILES string of the molecule is CCC(CC)(CNC(=O)Cc1ccc(S(=O)(=O)CC)cc1)C(=O)O. The molecule has 2 N–H and O–H groups in total. The van der Waals surface area contributed by atoms with Crippen molar-refractivity contribution in [2.75, 3.05) is 12.3 Å². The van der Waals surface area contributed by atoms with E-state index in [1.165, 1.54) is 12.1 Å². The van der Waals surface area contributed by atoms with Gasteiger partial charge >= 0.3 is 5.97 Å². The van der Waals surface area contributed by atoms with Crippen molar-refractivity contribution in [3.63, 3.8) is 0 Å². The first-order valence-corrected chi connectivity index (χ1v) is 9.67. The van der Waals surface area contributed by atoms with Gasteiger partial charge in [-0.2, -0.15) is 0 Å². The molecule has 0 saturated carbocycles. The molecule has 1 aromatic carbocycles. The fraction of sp³-hybridized carbons (Fsp3) is 0.529. The van der Waals surface area contributed by atoms with E-state index in [2.05, 4.69) is 5.32 Å². The maximum absolute atomic E-state index is 12.0. The summed E-state index contributed by atoms with van der Waals surface area (Å²) in [5.74, 6) is -1.17. The third kappa shape index (κ3) is 4.80. The molecule has 0 aliphatic rings. The molecule has 0 atom stereocenters. The molecule has 0 bridgehead atoms. The second-order valence-electron chi connectivity index (χ2n) is 5.79. The molecular weight excluding hydrogens is 330 g/mol. The average molecular weight is 355 g/mol. The van der Waals surface area contributed by atoms with Gasteiger partial charge < -0.3 is 10.4 Å². The minimum atomic E-state index is -3.26. The third-order valence-electron chi connectivity index (χ3n) is 4.46. The molecule has 0 fully saturated rings. The van der Waals surface area contributed by atoms with E-state index in [1.54, 1.807) is 32.9 Å². The number of carboxylic acids is 1. The topological polar surface area (TPSA) is 101 Å². The van der Waals surface area contributed by atoms with Crippen LogP contribution >= 0.6 is 0 Å². The van der Waals surface area contributed by atoms with E-state index in [0.29, 0.717) is 18.4 Å². The molecule has 0 unspecified atom stereocenters. The van der Waals surface area contributed by atoms with Crippen LogP contribution in [-0.2, 0) is 25.8 Å². The second kappa shape index (κ2) is 8.28. The number of aliphatic carboxylic acids is 1. The molecule has 0 spiro atoms. The summed E-state index contributed by atoms with van der Waals surface area (Å²) in [5.41, 5.74) is -0.272. The summed E-state index contributed by atoms with van der Waals surface area (Å²) in [6.45, 7) is 5.23. The largest absolute Gasteiger partial charge is 0.481 e. The smallest absolute Gasteiger partial charge is 0.311 e. The van der Waals surface area contributed by atoms with Crippen LogP contribution < -0.4 is 5.32 Å². The summed E-state index contributed by atoms with van der Waals surface area (Å²) >= 11 is 0. The summed E-state index contributed by atoms with van der Waals surface area (Å²) in [4.78, 5) is 23.7. The van der Waals surface area contributed by atoms with E-state index >= 15 is 0 Å². The molecule has 1 rings (SSSR count). The van der Waals surface area contributed by atoms with Gasteiger partial charge in [0.25, 0.3) is 0 Å². The Kier molecular flexibility index (Phi) is 6.95. The van der Waals surface area contributed by atoms with Gasteiger partial charge in [0.15, 0.2) is 9.84 Å². The minimum Gasteiger partial charge on any atom is -0.481 e. The number of hydrogen-bond acceptors (Lipinski definition) is 4. The van der Waals surface area contributed by atoms with Crippen LogP contribution in [0.4, 0.5) is 0 Å². The Bertz CT molecular complexity index is 675. The van der Waals surface area contributed by atoms with Gasteiger partial charge in [0.05, 0.1) is 22.5 Å². The lowest BCUT2D eigenvalue weighted by Crippen LogP contribution is -2.42. The predicted molar refractivity (Wildman–Crippen MR) is 91.5 cm³/mol. The summed E-state index contributed by atoms with van der Waals surface area (Å²) in [6.07, 6.45) is 0.945. The predicted octanol–water partition coefficient (Wildman–Crippen LogP) is 2.03. The lowest BCUT2D eigenvalue weighted by molar-refractivity contribution is -0.149. The molecule has 1 aromatic rings. The van der Waals surface area contributed by atoms with E-state index in [9.17, 15) is 23.1 Å². The molecular formula is C17H25NO5S. The van der Waals surface area contributed by atoms with E-state index < -0.39 is 21.2 Å². The van der Waals surface area contributed by atoms with Crippen molar-refractivity contribution in [1.82, 2.24) is 5.32 Å². The standard InChI is InChI=1S/C17H25NO5S/c1-4-17(5-2,16(20)21)12-18-15(19)11-13-7-9-14(10-8-13)24(22,23)6-3/h7-10H,4-6,11-12H2,1-3H3,(H,18,19)(H,20,21). The van der Waals surface area contributed by atoms with Gasteiger partial charge in [-0.1, -0.05) is 32.9 Å². The fourth-order valence-electron chi connectivity index (χ4n) is 2.38. The summed E-state index contributed by atoms with van der Waals surface area (Å²) < 4.78 is 23.5. The van der Waals surface area contributed by atoms with Crippen LogP contribution in [0.15, 0.2) is 29.2 Å². The molecule has 0 heterocycles. The van der Waals surface area contributed by atoms with Crippen molar-refractivity contribution in [3.05, 3.63) is 29.8 Å². The van der Waals surface area contributed by atoms with Crippen LogP contribution in [0, 0.1) is 5.41 Å². The molecule has 6 nitrogen and oxygen atoms in total. The average Bonchev–Trinajstić information content (AvgIpc) is 2.56. The highest BCUT2D eigenvalue weighted by Crippen LogP contribution is 2.25. The van der Waals surface area contributed by atoms with E-state index in [4.69, 9.17) is 0 Å². The summed E-state index contributed by atoms with van der Waals surface area (Å²) in [7, 11) is -3.26. The van der Waals surface area contributed by atoms with Gasteiger partial charge in [0.2, 0.25) is 5.91 Å². The Morgan fingerprint density at radius 1 is 1.08 bits per heavy atom. The lowest BCUT2D eigenvalue weighted by atomic mass is 9.82.